The van der Waals surface area contributed by atoms with E-state index in [0.29, 0.717) is 0 Å². The molecule has 2 nitrogen and oxygen atoms in total. The fourth-order valence-electron chi connectivity index (χ4n) is 1.34. The molecule has 0 bridgehead atoms. The lowest BCUT2D eigenvalue weighted by atomic mass is 10.1. The molecule has 3 heteroatoms. The molecule has 78 valence electrons. The number of aromatic nitrogens is 1. The van der Waals surface area contributed by atoms with E-state index in [2.05, 4.69) is 36.0 Å². The summed E-state index contributed by atoms with van der Waals surface area (Å²) in [5, 5.41) is 1.11. The van der Waals surface area contributed by atoms with E-state index < -0.39 is 0 Å². The minimum Gasteiger partial charge on any atom is -0.272 e. The van der Waals surface area contributed by atoms with Crippen molar-refractivity contribution in [3.05, 3.63) is 36.2 Å². The smallest absolute Gasteiger partial charge is 0.0912 e. The highest BCUT2D eigenvalue weighted by Crippen LogP contribution is 2.27. The summed E-state index contributed by atoms with van der Waals surface area (Å²) in [4.78, 5) is 8.67. The summed E-state index contributed by atoms with van der Waals surface area (Å²) in [6.07, 6.45) is 7.75. The third-order valence-corrected chi connectivity index (χ3v) is 3.46. The quantitative estimate of drug-likeness (QED) is 0.762. The molecule has 0 N–H and O–H groups in total. The van der Waals surface area contributed by atoms with Crippen LogP contribution in [0.3, 0.4) is 0 Å². The van der Waals surface area contributed by atoms with E-state index in [0.717, 1.165) is 16.4 Å². The van der Waals surface area contributed by atoms with Crippen molar-refractivity contribution in [2.75, 3.05) is 5.75 Å². The summed E-state index contributed by atoms with van der Waals surface area (Å²) in [6.45, 7) is 4.32. The standard InChI is InChI=1S/C12H14N2S/c1-12(2)9-15-11(14-12)6-5-10-4-3-7-13-8-10/h3-8H,9H2,1-2H3/b6-5+. The highest BCUT2D eigenvalue weighted by atomic mass is 32.2. The van der Waals surface area contributed by atoms with Gasteiger partial charge in [-0.25, -0.2) is 0 Å². The highest BCUT2D eigenvalue weighted by Gasteiger charge is 2.23. The third kappa shape index (κ3) is 2.93. The number of nitrogens with zero attached hydrogens (tertiary/aromatic N) is 2. The highest BCUT2D eigenvalue weighted by molar-refractivity contribution is 8.14. The Morgan fingerprint density at radius 2 is 2.27 bits per heavy atom. The first kappa shape index (κ1) is 10.4. The van der Waals surface area contributed by atoms with Crippen LogP contribution in [0.4, 0.5) is 0 Å². The maximum Gasteiger partial charge on any atom is 0.0912 e. The molecule has 0 atom stereocenters. The van der Waals surface area contributed by atoms with Gasteiger partial charge >= 0.3 is 0 Å². The van der Waals surface area contributed by atoms with Gasteiger partial charge in [0, 0.05) is 18.1 Å². The molecule has 0 aliphatic carbocycles. The van der Waals surface area contributed by atoms with E-state index >= 15 is 0 Å². The zero-order valence-electron chi connectivity index (χ0n) is 8.97. The van der Waals surface area contributed by atoms with Gasteiger partial charge in [-0.3, -0.25) is 9.98 Å². The Kier molecular flexibility index (Phi) is 2.91. The Morgan fingerprint density at radius 1 is 1.40 bits per heavy atom. The number of hydrogen-bond acceptors (Lipinski definition) is 3. The van der Waals surface area contributed by atoms with E-state index in [4.69, 9.17) is 0 Å². The number of pyridine rings is 1. The van der Waals surface area contributed by atoms with Crippen molar-refractivity contribution >= 4 is 22.9 Å². The molecular formula is C12H14N2S. The van der Waals surface area contributed by atoms with Crippen molar-refractivity contribution in [3.63, 3.8) is 0 Å². The molecule has 0 unspecified atom stereocenters. The summed E-state index contributed by atoms with van der Waals surface area (Å²) in [7, 11) is 0. The van der Waals surface area contributed by atoms with Crippen molar-refractivity contribution in [2.45, 2.75) is 19.4 Å². The number of hydrogen-bond donors (Lipinski definition) is 0. The van der Waals surface area contributed by atoms with Gasteiger partial charge in [-0.05, 0) is 31.6 Å². The second-order valence-electron chi connectivity index (χ2n) is 4.17. The lowest BCUT2D eigenvalue weighted by Crippen LogP contribution is -2.15. The zero-order chi connectivity index (χ0) is 10.7. The molecule has 0 fully saturated rings. The van der Waals surface area contributed by atoms with Crippen LogP contribution in [-0.4, -0.2) is 21.3 Å². The van der Waals surface area contributed by atoms with Crippen molar-refractivity contribution in [3.8, 4) is 0 Å². The maximum atomic E-state index is 4.61. The van der Waals surface area contributed by atoms with Gasteiger partial charge in [0.25, 0.3) is 0 Å². The van der Waals surface area contributed by atoms with Crippen LogP contribution in [0, 0.1) is 0 Å². The van der Waals surface area contributed by atoms with Crippen LogP contribution in [0.5, 0.6) is 0 Å². The SMILES string of the molecule is CC1(C)CSC(/C=C/c2cccnc2)=N1. The Bertz CT molecular complexity index is 393. The van der Waals surface area contributed by atoms with Gasteiger partial charge in [-0.2, -0.15) is 0 Å². The predicted molar refractivity (Wildman–Crippen MR) is 67.2 cm³/mol. The Labute approximate surface area is 94.5 Å². The first-order valence-electron chi connectivity index (χ1n) is 4.96. The molecule has 0 aromatic carbocycles. The Balaban J connectivity index is 2.08. The molecule has 0 saturated carbocycles. The van der Waals surface area contributed by atoms with Gasteiger partial charge in [-0.1, -0.05) is 12.1 Å². The number of rotatable bonds is 2. The molecule has 2 rings (SSSR count). The summed E-state index contributed by atoms with van der Waals surface area (Å²) in [5.41, 5.74) is 1.21. The van der Waals surface area contributed by atoms with Gasteiger partial charge in [-0.15, -0.1) is 11.8 Å². The monoisotopic (exact) mass is 218 g/mol. The molecule has 1 aliphatic heterocycles. The van der Waals surface area contributed by atoms with Crippen LogP contribution in [-0.2, 0) is 0 Å². The topological polar surface area (TPSA) is 25.2 Å². The zero-order valence-corrected chi connectivity index (χ0v) is 9.79. The van der Waals surface area contributed by atoms with Crippen molar-refractivity contribution in [1.82, 2.24) is 4.98 Å². The summed E-state index contributed by atoms with van der Waals surface area (Å²) < 4.78 is 0. The molecular weight excluding hydrogens is 204 g/mol. The van der Waals surface area contributed by atoms with Crippen LogP contribution >= 0.6 is 11.8 Å². The molecule has 15 heavy (non-hydrogen) atoms. The van der Waals surface area contributed by atoms with Gasteiger partial charge < -0.3 is 0 Å². The molecule has 1 aromatic rings. The van der Waals surface area contributed by atoms with E-state index in [1.54, 1.807) is 6.20 Å². The molecule has 1 aliphatic rings. The van der Waals surface area contributed by atoms with Crippen molar-refractivity contribution in [2.24, 2.45) is 4.99 Å². The second kappa shape index (κ2) is 4.19. The Hall–Kier alpha value is -1.09. The van der Waals surface area contributed by atoms with Crippen molar-refractivity contribution in [1.29, 1.82) is 0 Å². The van der Waals surface area contributed by atoms with E-state index in [1.165, 1.54) is 0 Å². The minimum absolute atomic E-state index is 0.0965. The van der Waals surface area contributed by atoms with Gasteiger partial charge in [0.1, 0.15) is 0 Å². The van der Waals surface area contributed by atoms with Gasteiger partial charge in [0.2, 0.25) is 0 Å². The molecule has 1 aromatic heterocycles. The summed E-state index contributed by atoms with van der Waals surface area (Å²) >= 11 is 1.81. The van der Waals surface area contributed by atoms with Gasteiger partial charge in [0.15, 0.2) is 0 Å². The number of aliphatic imine (C=N–C) groups is 1. The van der Waals surface area contributed by atoms with Crippen LogP contribution in [0.15, 0.2) is 35.6 Å². The second-order valence-corrected chi connectivity index (χ2v) is 5.17. The lowest BCUT2D eigenvalue weighted by Gasteiger charge is -2.09. The molecule has 0 amide bonds. The van der Waals surface area contributed by atoms with E-state index in [-0.39, 0.29) is 5.54 Å². The van der Waals surface area contributed by atoms with E-state index in [9.17, 15) is 0 Å². The summed E-state index contributed by atoms with van der Waals surface area (Å²) in [6, 6.07) is 3.97. The number of thioether (sulfide) groups is 1. The fraction of sp³-hybridized carbons (Fsp3) is 0.333. The van der Waals surface area contributed by atoms with Crippen LogP contribution in [0.2, 0.25) is 0 Å². The fourth-order valence-corrected chi connectivity index (χ4v) is 2.38. The van der Waals surface area contributed by atoms with E-state index in [1.807, 2.05) is 30.1 Å². The molecule has 0 saturated heterocycles. The maximum absolute atomic E-state index is 4.61. The van der Waals surface area contributed by atoms with Gasteiger partial charge in [0.05, 0.1) is 10.6 Å². The largest absolute Gasteiger partial charge is 0.272 e. The normalized spacial score (nSPS) is 19.5. The third-order valence-electron chi connectivity index (χ3n) is 2.09. The first-order valence-corrected chi connectivity index (χ1v) is 5.95. The lowest BCUT2D eigenvalue weighted by molar-refractivity contribution is 0.605. The Morgan fingerprint density at radius 3 is 2.87 bits per heavy atom. The average molecular weight is 218 g/mol. The summed E-state index contributed by atoms with van der Waals surface area (Å²) in [5.74, 6) is 1.07. The predicted octanol–water partition coefficient (Wildman–Crippen LogP) is 3.02. The van der Waals surface area contributed by atoms with Crippen LogP contribution < -0.4 is 0 Å². The minimum atomic E-state index is 0.0965. The first-order chi connectivity index (χ1) is 7.16. The van der Waals surface area contributed by atoms with Crippen molar-refractivity contribution < 1.29 is 0 Å². The average Bonchev–Trinajstić information content (AvgIpc) is 2.57. The molecule has 0 spiro atoms. The molecule has 2 heterocycles. The molecule has 0 radical (unpaired) electrons. The van der Waals surface area contributed by atoms with Crippen LogP contribution in [0.1, 0.15) is 19.4 Å². The van der Waals surface area contributed by atoms with Crippen LogP contribution in [0.25, 0.3) is 6.08 Å².